The van der Waals surface area contributed by atoms with Gasteiger partial charge in [0.1, 0.15) is 11.6 Å². The van der Waals surface area contributed by atoms with Gasteiger partial charge in [-0.25, -0.2) is 8.78 Å². The smallest absolute Gasteiger partial charge is 0.235 e. The lowest BCUT2D eigenvalue weighted by molar-refractivity contribution is 0.410. The molecule has 1 aromatic carbocycles. The molecule has 2 fully saturated rings. The zero-order valence-corrected chi connectivity index (χ0v) is 16.3. The van der Waals surface area contributed by atoms with E-state index < -0.39 is 11.6 Å². The van der Waals surface area contributed by atoms with Crippen LogP contribution < -0.4 is 16.0 Å². The minimum absolute atomic E-state index is 0.0579. The first-order valence-corrected chi connectivity index (χ1v) is 10.1. The van der Waals surface area contributed by atoms with E-state index in [4.69, 9.17) is 5.73 Å². The van der Waals surface area contributed by atoms with Crippen LogP contribution in [-0.4, -0.2) is 31.7 Å². The third kappa shape index (κ3) is 3.53. The van der Waals surface area contributed by atoms with Crippen molar-refractivity contribution < 1.29 is 8.78 Å². The van der Waals surface area contributed by atoms with Crippen molar-refractivity contribution in [3.05, 3.63) is 47.2 Å². The average molecular weight is 412 g/mol. The minimum atomic E-state index is -0.600. The summed E-state index contributed by atoms with van der Waals surface area (Å²) in [5.74, 6) is 0.645. The molecule has 0 radical (unpaired) electrons. The van der Waals surface area contributed by atoms with Gasteiger partial charge < -0.3 is 16.0 Å². The fourth-order valence-corrected chi connectivity index (χ4v) is 4.11. The summed E-state index contributed by atoms with van der Waals surface area (Å²) >= 11 is 0. The molecule has 1 aliphatic carbocycles. The summed E-state index contributed by atoms with van der Waals surface area (Å²) in [5, 5.41) is 10.4. The highest BCUT2D eigenvalue weighted by Gasteiger charge is 2.31. The number of H-pyrrole nitrogens is 1. The molecule has 30 heavy (non-hydrogen) atoms. The molecule has 3 aromatic rings. The van der Waals surface area contributed by atoms with E-state index in [1.54, 1.807) is 0 Å². The summed E-state index contributed by atoms with van der Waals surface area (Å²) in [7, 11) is 0. The Morgan fingerprint density at radius 3 is 2.70 bits per heavy atom. The standard InChI is InChI=1S/C20H22F2N8/c21-12-6-7-13(14(22)9-12)16-5-2-8-30(16)20-26-18(23)25-19(27-20)24-17-10-15(28-29-17)11-3-1-4-11/h6-7,9-11,16H,1-5,8H2,(H4,23,24,25,26,27,28,29). The lowest BCUT2D eigenvalue weighted by Gasteiger charge is -2.25. The van der Waals surface area contributed by atoms with Gasteiger partial charge in [0.15, 0.2) is 5.82 Å². The Bertz CT molecular complexity index is 1060. The molecule has 2 aliphatic rings. The first-order valence-electron chi connectivity index (χ1n) is 10.1. The number of nitrogens with two attached hydrogens (primary N) is 1. The van der Waals surface area contributed by atoms with Crippen molar-refractivity contribution in [2.24, 2.45) is 0 Å². The highest BCUT2D eigenvalue weighted by molar-refractivity contribution is 5.53. The van der Waals surface area contributed by atoms with Gasteiger partial charge >= 0.3 is 0 Å². The van der Waals surface area contributed by atoms with E-state index in [1.165, 1.54) is 31.4 Å². The molecule has 156 valence electrons. The van der Waals surface area contributed by atoms with E-state index in [2.05, 4.69) is 30.5 Å². The van der Waals surface area contributed by atoms with Gasteiger partial charge in [0.05, 0.1) is 6.04 Å². The lowest BCUT2D eigenvalue weighted by Crippen LogP contribution is -2.26. The molecule has 1 saturated heterocycles. The zero-order chi connectivity index (χ0) is 20.7. The van der Waals surface area contributed by atoms with Crippen molar-refractivity contribution in [2.75, 3.05) is 22.5 Å². The number of nitrogen functional groups attached to an aromatic ring is 1. The van der Waals surface area contributed by atoms with Crippen LogP contribution in [0.1, 0.15) is 55.3 Å². The Kier molecular flexibility index (Phi) is 4.68. The molecule has 2 aromatic heterocycles. The Balaban J connectivity index is 1.40. The Morgan fingerprint density at radius 2 is 1.93 bits per heavy atom. The normalized spacial score (nSPS) is 19.1. The quantitative estimate of drug-likeness (QED) is 0.585. The monoisotopic (exact) mass is 412 g/mol. The van der Waals surface area contributed by atoms with Crippen LogP contribution in [0.3, 0.4) is 0 Å². The topological polar surface area (TPSA) is 109 Å². The highest BCUT2D eigenvalue weighted by atomic mass is 19.1. The first kappa shape index (κ1) is 18.7. The largest absolute Gasteiger partial charge is 0.368 e. The number of halogens is 2. The maximum absolute atomic E-state index is 14.4. The molecule has 1 atom stereocenters. The molecule has 3 heterocycles. The number of benzene rings is 1. The van der Waals surface area contributed by atoms with Gasteiger partial charge in [-0.15, -0.1) is 0 Å². The first-order chi connectivity index (χ1) is 14.6. The van der Waals surface area contributed by atoms with Gasteiger partial charge in [0, 0.05) is 35.9 Å². The molecule has 0 spiro atoms. The van der Waals surface area contributed by atoms with Crippen LogP contribution in [0.15, 0.2) is 24.3 Å². The molecular weight excluding hydrogens is 390 g/mol. The van der Waals surface area contributed by atoms with E-state index in [9.17, 15) is 8.78 Å². The third-order valence-electron chi connectivity index (χ3n) is 5.85. The van der Waals surface area contributed by atoms with Crippen molar-refractivity contribution in [3.63, 3.8) is 0 Å². The van der Waals surface area contributed by atoms with E-state index in [0.717, 1.165) is 18.2 Å². The van der Waals surface area contributed by atoms with Crippen molar-refractivity contribution in [3.8, 4) is 0 Å². The van der Waals surface area contributed by atoms with E-state index in [0.29, 0.717) is 36.2 Å². The number of hydrogen-bond acceptors (Lipinski definition) is 7. The van der Waals surface area contributed by atoms with Gasteiger partial charge in [-0.1, -0.05) is 12.5 Å². The summed E-state index contributed by atoms with van der Waals surface area (Å²) in [6.45, 7) is 0.638. The van der Waals surface area contributed by atoms with E-state index in [1.807, 2.05) is 11.0 Å². The van der Waals surface area contributed by atoms with Crippen molar-refractivity contribution in [1.29, 1.82) is 0 Å². The Hall–Kier alpha value is -3.30. The Morgan fingerprint density at radius 1 is 1.07 bits per heavy atom. The SMILES string of the molecule is Nc1nc(Nc2cc(C3CCC3)[nH]n2)nc(N2CCCC2c2ccc(F)cc2F)n1. The molecule has 8 nitrogen and oxygen atoms in total. The summed E-state index contributed by atoms with van der Waals surface area (Å²) in [4.78, 5) is 14.8. The molecule has 1 unspecified atom stereocenters. The van der Waals surface area contributed by atoms with Crippen molar-refractivity contribution in [2.45, 2.75) is 44.1 Å². The summed E-state index contributed by atoms with van der Waals surface area (Å²) in [6.07, 6.45) is 5.12. The second-order valence-electron chi connectivity index (χ2n) is 7.80. The number of aromatic amines is 1. The molecular formula is C20H22F2N8. The minimum Gasteiger partial charge on any atom is -0.368 e. The van der Waals surface area contributed by atoms with Crippen LogP contribution in [0, 0.1) is 11.6 Å². The number of anilines is 4. The van der Waals surface area contributed by atoms with Crippen LogP contribution in [0.2, 0.25) is 0 Å². The second kappa shape index (κ2) is 7.51. The van der Waals surface area contributed by atoms with E-state index in [-0.39, 0.29) is 17.9 Å². The summed E-state index contributed by atoms with van der Waals surface area (Å²) in [6, 6.07) is 5.30. The fraction of sp³-hybridized carbons (Fsp3) is 0.400. The van der Waals surface area contributed by atoms with E-state index >= 15 is 0 Å². The predicted molar refractivity (Wildman–Crippen MR) is 108 cm³/mol. The number of aromatic nitrogens is 5. The predicted octanol–water partition coefficient (Wildman–Crippen LogP) is 3.81. The fourth-order valence-electron chi connectivity index (χ4n) is 4.11. The number of rotatable bonds is 5. The van der Waals surface area contributed by atoms with Crippen LogP contribution >= 0.6 is 0 Å². The van der Waals surface area contributed by atoms with Crippen LogP contribution in [-0.2, 0) is 0 Å². The average Bonchev–Trinajstić information content (AvgIpc) is 3.30. The van der Waals surface area contributed by atoms with Crippen LogP contribution in [0.5, 0.6) is 0 Å². The number of nitrogens with one attached hydrogen (secondary N) is 2. The van der Waals surface area contributed by atoms with Crippen molar-refractivity contribution >= 4 is 23.7 Å². The molecule has 10 heteroatoms. The highest BCUT2D eigenvalue weighted by Crippen LogP contribution is 2.37. The van der Waals surface area contributed by atoms with Crippen LogP contribution in [0.4, 0.5) is 32.4 Å². The zero-order valence-electron chi connectivity index (χ0n) is 16.3. The van der Waals surface area contributed by atoms with Gasteiger partial charge in [0.2, 0.25) is 17.8 Å². The number of nitrogens with zero attached hydrogens (tertiary/aromatic N) is 5. The van der Waals surface area contributed by atoms with Crippen LogP contribution in [0.25, 0.3) is 0 Å². The molecule has 0 amide bonds. The van der Waals surface area contributed by atoms with Gasteiger partial charge in [-0.05, 0) is 31.7 Å². The third-order valence-corrected chi connectivity index (χ3v) is 5.85. The summed E-state index contributed by atoms with van der Waals surface area (Å²) < 4.78 is 27.7. The maximum atomic E-state index is 14.4. The Labute approximate surface area is 171 Å². The molecule has 4 N–H and O–H groups in total. The molecule has 5 rings (SSSR count). The maximum Gasteiger partial charge on any atom is 0.235 e. The second-order valence-corrected chi connectivity index (χ2v) is 7.80. The van der Waals surface area contributed by atoms with Gasteiger partial charge in [-0.2, -0.15) is 20.1 Å². The van der Waals surface area contributed by atoms with Gasteiger partial charge in [-0.3, -0.25) is 5.10 Å². The molecule has 1 aliphatic heterocycles. The summed E-state index contributed by atoms with van der Waals surface area (Å²) in [5.41, 5.74) is 7.43. The molecule has 1 saturated carbocycles. The molecule has 0 bridgehead atoms. The number of hydrogen-bond donors (Lipinski definition) is 3. The van der Waals surface area contributed by atoms with Gasteiger partial charge in [0.25, 0.3) is 0 Å². The van der Waals surface area contributed by atoms with Crippen molar-refractivity contribution in [1.82, 2.24) is 25.1 Å². The lowest BCUT2D eigenvalue weighted by atomic mass is 9.83.